The molecular weight excluding hydrogens is 544 g/mol. The minimum absolute atomic E-state index is 0.00162. The molecule has 0 saturated carbocycles. The fourth-order valence-electron chi connectivity index (χ4n) is 6.41. The predicted molar refractivity (Wildman–Crippen MR) is 167 cm³/mol. The quantitative estimate of drug-likeness (QED) is 0.335. The molecule has 0 N–H and O–H groups in total. The molecule has 2 aromatic rings. The Morgan fingerprint density at radius 3 is 2.28 bits per heavy atom. The molecule has 4 heterocycles. The van der Waals surface area contributed by atoms with Gasteiger partial charge in [-0.1, -0.05) is 11.1 Å². The van der Waals surface area contributed by atoms with E-state index in [1.54, 1.807) is 12.0 Å². The highest BCUT2D eigenvalue weighted by Gasteiger charge is 2.35. The average molecular weight is 585 g/mol. The fraction of sp³-hybridized carbons (Fsp3) is 0.441. The summed E-state index contributed by atoms with van der Waals surface area (Å²) in [5.41, 5.74) is 6.10. The second kappa shape index (κ2) is 11.8. The van der Waals surface area contributed by atoms with Crippen LogP contribution in [0.4, 0.5) is 11.4 Å². The number of amides is 2. The first-order valence-corrected chi connectivity index (χ1v) is 15.1. The summed E-state index contributed by atoms with van der Waals surface area (Å²) < 4.78 is 17.9. The van der Waals surface area contributed by atoms with E-state index >= 15 is 0 Å². The van der Waals surface area contributed by atoms with Crippen molar-refractivity contribution in [1.82, 2.24) is 9.80 Å². The largest absolute Gasteiger partial charge is 0.493 e. The maximum Gasteiger partial charge on any atom is 0.260 e. The van der Waals surface area contributed by atoms with E-state index in [1.807, 2.05) is 68.7 Å². The van der Waals surface area contributed by atoms with Crippen LogP contribution in [0.3, 0.4) is 0 Å². The molecular formula is C34H40N4O5. The monoisotopic (exact) mass is 584 g/mol. The molecule has 4 aliphatic heterocycles. The van der Waals surface area contributed by atoms with Crippen LogP contribution in [0, 0.1) is 6.92 Å². The summed E-state index contributed by atoms with van der Waals surface area (Å²) in [7, 11) is 3.63. The Morgan fingerprint density at radius 2 is 1.51 bits per heavy atom. The van der Waals surface area contributed by atoms with E-state index in [0.717, 1.165) is 55.6 Å². The van der Waals surface area contributed by atoms with Gasteiger partial charge in [0.2, 0.25) is 0 Å². The second-order valence-electron chi connectivity index (χ2n) is 12.1. The van der Waals surface area contributed by atoms with Crippen LogP contribution in [0.2, 0.25) is 0 Å². The second-order valence-corrected chi connectivity index (χ2v) is 12.1. The number of carbonyl (C=O) groups excluding carboxylic acids is 2. The van der Waals surface area contributed by atoms with Crippen molar-refractivity contribution in [2.24, 2.45) is 4.99 Å². The first-order chi connectivity index (χ1) is 20.7. The van der Waals surface area contributed by atoms with E-state index in [-0.39, 0.29) is 23.9 Å². The number of nitrogens with zero attached hydrogens (tertiary/aromatic N) is 4. The first kappa shape index (κ1) is 28.8. The molecule has 43 heavy (non-hydrogen) atoms. The summed E-state index contributed by atoms with van der Waals surface area (Å²) in [5.74, 6) is 1.96. The summed E-state index contributed by atoms with van der Waals surface area (Å²) in [6, 6.07) is 7.65. The molecule has 2 unspecified atom stereocenters. The van der Waals surface area contributed by atoms with Crippen molar-refractivity contribution in [3.05, 3.63) is 64.5 Å². The predicted octanol–water partition coefficient (Wildman–Crippen LogP) is 6.03. The van der Waals surface area contributed by atoms with Crippen molar-refractivity contribution < 1.29 is 23.8 Å². The summed E-state index contributed by atoms with van der Waals surface area (Å²) in [5, 5.41) is 0. The highest BCUT2D eigenvalue weighted by atomic mass is 16.5. The van der Waals surface area contributed by atoms with Gasteiger partial charge >= 0.3 is 0 Å². The molecule has 9 nitrogen and oxygen atoms in total. The van der Waals surface area contributed by atoms with E-state index in [0.29, 0.717) is 41.5 Å². The van der Waals surface area contributed by atoms with E-state index in [9.17, 15) is 9.59 Å². The molecule has 0 saturated heterocycles. The van der Waals surface area contributed by atoms with Crippen LogP contribution in [0.1, 0.15) is 72.2 Å². The van der Waals surface area contributed by atoms with Gasteiger partial charge in [0.05, 0.1) is 54.9 Å². The zero-order chi connectivity index (χ0) is 30.2. The first-order valence-electron chi connectivity index (χ1n) is 15.1. The number of methoxy groups -OCH3 is 1. The van der Waals surface area contributed by atoms with Crippen molar-refractivity contribution in [1.29, 1.82) is 0 Å². The molecule has 0 spiro atoms. The number of carbonyl (C=O) groups is 2. The number of fused-ring (bicyclic) bond motifs is 4. The average Bonchev–Trinajstić information content (AvgIpc) is 3.50. The van der Waals surface area contributed by atoms with E-state index in [1.165, 1.54) is 11.1 Å². The maximum atomic E-state index is 13.3. The highest BCUT2D eigenvalue weighted by molar-refractivity contribution is 6.04. The number of aliphatic imine (C=N–C) groups is 1. The lowest BCUT2D eigenvalue weighted by Crippen LogP contribution is -2.37. The third-order valence-corrected chi connectivity index (χ3v) is 8.65. The zero-order valence-electron chi connectivity index (χ0n) is 25.7. The topological polar surface area (TPSA) is 83.9 Å². The molecule has 4 aliphatic rings. The molecule has 9 heteroatoms. The molecule has 2 amide bonds. The summed E-state index contributed by atoms with van der Waals surface area (Å²) >= 11 is 0. The summed E-state index contributed by atoms with van der Waals surface area (Å²) in [6.07, 6.45) is 10.1. The molecule has 0 fully saturated rings. The van der Waals surface area contributed by atoms with Gasteiger partial charge in [-0.05, 0) is 70.6 Å². The number of benzene rings is 2. The van der Waals surface area contributed by atoms with Crippen LogP contribution in [0.5, 0.6) is 17.2 Å². The summed E-state index contributed by atoms with van der Waals surface area (Å²) in [6.45, 7) is 7.94. The van der Waals surface area contributed by atoms with Crippen LogP contribution in [-0.4, -0.2) is 73.8 Å². The van der Waals surface area contributed by atoms with Gasteiger partial charge in [0, 0.05) is 44.3 Å². The van der Waals surface area contributed by atoms with Crippen molar-refractivity contribution in [3.8, 4) is 17.2 Å². The van der Waals surface area contributed by atoms with Crippen LogP contribution in [0.25, 0.3) is 0 Å². The van der Waals surface area contributed by atoms with Gasteiger partial charge in [-0.3, -0.25) is 14.6 Å². The van der Waals surface area contributed by atoms with E-state index in [4.69, 9.17) is 14.2 Å². The van der Waals surface area contributed by atoms with E-state index in [2.05, 4.69) is 16.8 Å². The lowest BCUT2D eigenvalue weighted by Gasteiger charge is -2.24. The number of unbranched alkanes of at least 4 members (excludes halogenated alkanes) is 2. The fourth-order valence-corrected chi connectivity index (χ4v) is 6.41. The minimum Gasteiger partial charge on any atom is -0.493 e. The molecule has 2 atom stereocenters. The van der Waals surface area contributed by atoms with Gasteiger partial charge < -0.3 is 28.9 Å². The van der Waals surface area contributed by atoms with Gasteiger partial charge in [-0.25, -0.2) is 0 Å². The lowest BCUT2D eigenvalue weighted by molar-refractivity contribution is 0.0792. The molecule has 0 bridgehead atoms. The van der Waals surface area contributed by atoms with E-state index < -0.39 is 0 Å². The number of likely N-dealkylation sites (N-methyl/N-ethyl adjacent to an activating group) is 1. The van der Waals surface area contributed by atoms with Crippen LogP contribution < -0.4 is 19.1 Å². The van der Waals surface area contributed by atoms with Gasteiger partial charge in [-0.2, -0.15) is 0 Å². The van der Waals surface area contributed by atoms with Gasteiger partial charge in [0.1, 0.15) is 5.75 Å². The minimum atomic E-state index is -0.0135. The standard InChI is InChI=1S/C34H40N4O5/c1-21-11-24-17-35-28-15-30(23(3)13-26(28)33(39)37(24)18-21)42-9-7-6-8-10-43-32-16-29-27(14-31(32)41-5)34(40)38-19-22(2)12-25(38)20-36(29)4/h13-19,24-25H,6-12,20H2,1-5H3. The molecule has 226 valence electrons. The molecule has 0 aliphatic carbocycles. The SMILES string of the molecule is COc1cc2c(cc1OCCCCCOc1cc3c(cc1C)C(=O)N1C=C(C)CC1C=N3)N(C)CC1CC(C)=CN1C2=O. The van der Waals surface area contributed by atoms with Crippen molar-refractivity contribution >= 4 is 29.4 Å². The third kappa shape index (κ3) is 5.60. The number of anilines is 1. The van der Waals surface area contributed by atoms with Gasteiger partial charge in [0.25, 0.3) is 11.8 Å². The number of rotatable bonds is 9. The molecule has 6 rings (SSSR count). The Hall–Kier alpha value is -4.27. The number of aryl methyl sites for hydroxylation is 1. The number of hydrogen-bond acceptors (Lipinski definition) is 7. The van der Waals surface area contributed by atoms with Crippen molar-refractivity contribution in [3.63, 3.8) is 0 Å². The smallest absolute Gasteiger partial charge is 0.260 e. The highest BCUT2D eigenvalue weighted by Crippen LogP contribution is 2.40. The Kier molecular flexibility index (Phi) is 7.90. The van der Waals surface area contributed by atoms with Crippen LogP contribution >= 0.6 is 0 Å². The maximum absolute atomic E-state index is 13.3. The van der Waals surface area contributed by atoms with Crippen LogP contribution in [-0.2, 0) is 0 Å². The number of hydrogen-bond donors (Lipinski definition) is 0. The summed E-state index contributed by atoms with van der Waals surface area (Å²) in [4.78, 5) is 36.9. The van der Waals surface area contributed by atoms with Gasteiger partial charge in [0.15, 0.2) is 11.5 Å². The number of ether oxygens (including phenoxy) is 3. The normalized spacial score (nSPS) is 20.5. The van der Waals surface area contributed by atoms with Crippen molar-refractivity contribution in [2.75, 3.05) is 38.8 Å². The third-order valence-electron chi connectivity index (χ3n) is 8.65. The van der Waals surface area contributed by atoms with Crippen molar-refractivity contribution in [2.45, 2.75) is 65.0 Å². The Morgan fingerprint density at radius 1 is 0.814 bits per heavy atom. The Balaban J connectivity index is 1.02. The zero-order valence-corrected chi connectivity index (χ0v) is 25.7. The van der Waals surface area contributed by atoms with Gasteiger partial charge in [-0.15, -0.1) is 0 Å². The Labute approximate surface area is 253 Å². The van der Waals surface area contributed by atoms with Crippen LogP contribution in [0.15, 0.2) is 52.8 Å². The molecule has 0 aromatic heterocycles. The lowest BCUT2D eigenvalue weighted by atomic mass is 10.1. The Bertz CT molecular complexity index is 1540. The molecule has 2 aromatic carbocycles. The molecule has 0 radical (unpaired) electrons.